The molecule has 0 saturated carbocycles. The van der Waals surface area contributed by atoms with Crippen molar-refractivity contribution in [2.45, 2.75) is 37.1 Å². The van der Waals surface area contributed by atoms with Crippen LogP contribution in [0.2, 0.25) is 0 Å². The summed E-state index contributed by atoms with van der Waals surface area (Å²) in [6, 6.07) is 6.18. The van der Waals surface area contributed by atoms with Crippen LogP contribution in [0.15, 0.2) is 29.2 Å². The van der Waals surface area contributed by atoms with Crippen LogP contribution in [-0.2, 0) is 10.0 Å². The summed E-state index contributed by atoms with van der Waals surface area (Å²) in [4.78, 5) is 14.8. The number of sulfonamides is 1. The average molecular weight is 339 g/mol. The monoisotopic (exact) mass is 339 g/mol. The molecule has 1 saturated heterocycles. The van der Waals surface area contributed by atoms with Crippen molar-refractivity contribution >= 4 is 15.9 Å². The third kappa shape index (κ3) is 4.76. The molecule has 0 atom stereocenters. The molecule has 0 aliphatic carbocycles. The minimum Gasteiger partial charge on any atom is -0.349 e. The molecule has 1 aliphatic rings. The number of hydrogen-bond donors (Lipinski definition) is 2. The van der Waals surface area contributed by atoms with E-state index in [1.807, 2.05) is 0 Å². The number of piperidine rings is 1. The molecule has 1 aliphatic heterocycles. The lowest BCUT2D eigenvalue weighted by atomic mass is 10.0. The summed E-state index contributed by atoms with van der Waals surface area (Å²) in [5.41, 5.74) is 0.482. The van der Waals surface area contributed by atoms with Crippen LogP contribution in [-0.4, -0.2) is 51.9 Å². The first-order valence-electron chi connectivity index (χ1n) is 8.03. The Morgan fingerprint density at radius 1 is 1.22 bits per heavy atom. The van der Waals surface area contributed by atoms with Gasteiger partial charge in [0.25, 0.3) is 5.91 Å². The van der Waals surface area contributed by atoms with Gasteiger partial charge in [0.05, 0.1) is 4.90 Å². The maximum absolute atomic E-state index is 12.3. The highest BCUT2D eigenvalue weighted by Crippen LogP contribution is 2.13. The second-order valence-corrected chi connectivity index (χ2v) is 7.71. The van der Waals surface area contributed by atoms with Crippen LogP contribution in [0.5, 0.6) is 0 Å². The van der Waals surface area contributed by atoms with E-state index in [0.717, 1.165) is 38.9 Å². The van der Waals surface area contributed by atoms with Gasteiger partial charge < -0.3 is 10.2 Å². The average Bonchev–Trinajstić information content (AvgIpc) is 2.57. The summed E-state index contributed by atoms with van der Waals surface area (Å²) in [6.45, 7) is 5.31. The summed E-state index contributed by atoms with van der Waals surface area (Å²) in [5, 5.41) is 3.04. The molecule has 1 heterocycles. The lowest BCUT2D eigenvalue weighted by molar-refractivity contribution is 0.0911. The van der Waals surface area contributed by atoms with Gasteiger partial charge in [-0.25, -0.2) is 13.1 Å². The molecule has 1 amide bonds. The number of rotatable bonds is 6. The van der Waals surface area contributed by atoms with Crippen LogP contribution in [0.1, 0.15) is 36.5 Å². The summed E-state index contributed by atoms with van der Waals surface area (Å²) < 4.78 is 25.6. The van der Waals surface area contributed by atoms with Crippen molar-refractivity contribution in [3.63, 3.8) is 0 Å². The first-order valence-corrected chi connectivity index (χ1v) is 9.51. The number of amides is 1. The molecular weight excluding hydrogens is 314 g/mol. The van der Waals surface area contributed by atoms with Gasteiger partial charge in [-0.3, -0.25) is 4.79 Å². The zero-order valence-corrected chi connectivity index (χ0v) is 14.5. The lowest BCUT2D eigenvalue weighted by Gasteiger charge is -2.32. The van der Waals surface area contributed by atoms with Crippen molar-refractivity contribution in [1.29, 1.82) is 0 Å². The second-order valence-electron chi connectivity index (χ2n) is 5.82. The van der Waals surface area contributed by atoms with Gasteiger partial charge in [0, 0.05) is 24.7 Å². The SMILES string of the molecule is CCCN1CCC(NC(=O)c2ccc(S(=O)(=O)NC)cc2)CC1. The Balaban J connectivity index is 1.92. The minimum absolute atomic E-state index is 0.146. The first-order chi connectivity index (χ1) is 11.0. The minimum atomic E-state index is -3.47. The molecule has 0 spiro atoms. The van der Waals surface area contributed by atoms with Crippen molar-refractivity contribution in [3.05, 3.63) is 29.8 Å². The van der Waals surface area contributed by atoms with Crippen LogP contribution < -0.4 is 10.0 Å². The van der Waals surface area contributed by atoms with Gasteiger partial charge in [0.15, 0.2) is 0 Å². The standard InChI is InChI=1S/C16H25N3O3S/c1-3-10-19-11-8-14(9-12-19)18-16(20)13-4-6-15(7-5-13)23(21,22)17-2/h4-7,14,17H,3,8-12H2,1-2H3,(H,18,20). The first kappa shape index (κ1) is 17.9. The summed E-state index contributed by atoms with van der Waals surface area (Å²) in [6.07, 6.45) is 3.06. The highest BCUT2D eigenvalue weighted by atomic mass is 32.2. The molecule has 1 aromatic rings. The maximum atomic E-state index is 12.3. The van der Waals surface area contributed by atoms with Crippen molar-refractivity contribution < 1.29 is 13.2 Å². The predicted octanol–water partition coefficient (Wildman–Crippen LogP) is 1.20. The smallest absolute Gasteiger partial charge is 0.251 e. The van der Waals surface area contributed by atoms with E-state index in [2.05, 4.69) is 21.9 Å². The predicted molar refractivity (Wildman–Crippen MR) is 89.9 cm³/mol. The highest BCUT2D eigenvalue weighted by molar-refractivity contribution is 7.89. The van der Waals surface area contributed by atoms with E-state index in [1.165, 1.54) is 19.2 Å². The molecule has 2 N–H and O–H groups in total. The number of nitrogens with zero attached hydrogens (tertiary/aromatic N) is 1. The molecule has 0 unspecified atom stereocenters. The number of carbonyl (C=O) groups excluding carboxylic acids is 1. The Morgan fingerprint density at radius 3 is 2.35 bits per heavy atom. The third-order valence-corrected chi connectivity index (χ3v) is 5.59. The summed E-state index contributed by atoms with van der Waals surface area (Å²) in [5.74, 6) is -0.146. The Kier molecular flexibility index (Phi) is 6.15. The van der Waals surface area contributed by atoms with Crippen LogP contribution in [0.4, 0.5) is 0 Å². The van der Waals surface area contributed by atoms with E-state index in [9.17, 15) is 13.2 Å². The van der Waals surface area contributed by atoms with Crippen molar-refractivity contribution in [2.24, 2.45) is 0 Å². The van der Waals surface area contributed by atoms with Gasteiger partial charge in [-0.15, -0.1) is 0 Å². The van der Waals surface area contributed by atoms with E-state index in [0.29, 0.717) is 5.56 Å². The van der Waals surface area contributed by atoms with E-state index < -0.39 is 10.0 Å². The topological polar surface area (TPSA) is 78.5 Å². The normalized spacial score (nSPS) is 17.1. The Labute approximate surface area is 138 Å². The Hall–Kier alpha value is -1.44. The van der Waals surface area contributed by atoms with Crippen molar-refractivity contribution in [1.82, 2.24) is 14.9 Å². The van der Waals surface area contributed by atoms with Crippen molar-refractivity contribution in [2.75, 3.05) is 26.7 Å². The molecule has 0 radical (unpaired) electrons. The fraction of sp³-hybridized carbons (Fsp3) is 0.562. The lowest BCUT2D eigenvalue weighted by Crippen LogP contribution is -2.44. The fourth-order valence-electron chi connectivity index (χ4n) is 2.79. The molecule has 2 rings (SSSR count). The fourth-order valence-corrected chi connectivity index (χ4v) is 3.52. The quantitative estimate of drug-likeness (QED) is 0.816. The second kappa shape index (κ2) is 7.90. The largest absolute Gasteiger partial charge is 0.349 e. The molecule has 23 heavy (non-hydrogen) atoms. The third-order valence-electron chi connectivity index (χ3n) is 4.16. The van der Waals surface area contributed by atoms with E-state index >= 15 is 0 Å². The Morgan fingerprint density at radius 2 is 1.83 bits per heavy atom. The van der Waals surface area contributed by atoms with E-state index in [1.54, 1.807) is 12.1 Å². The zero-order chi connectivity index (χ0) is 16.9. The van der Waals surface area contributed by atoms with Gasteiger partial charge in [-0.05, 0) is 57.1 Å². The number of hydrogen-bond acceptors (Lipinski definition) is 4. The molecule has 1 fully saturated rings. The maximum Gasteiger partial charge on any atom is 0.251 e. The van der Waals surface area contributed by atoms with Gasteiger partial charge in [-0.2, -0.15) is 0 Å². The molecule has 6 nitrogen and oxygen atoms in total. The number of carbonyl (C=O) groups is 1. The molecule has 0 aromatic heterocycles. The highest BCUT2D eigenvalue weighted by Gasteiger charge is 2.21. The number of nitrogens with one attached hydrogen (secondary N) is 2. The molecule has 1 aromatic carbocycles. The number of benzene rings is 1. The van der Waals surface area contributed by atoms with Gasteiger partial charge in [-0.1, -0.05) is 6.92 Å². The summed E-state index contributed by atoms with van der Waals surface area (Å²) in [7, 11) is -2.10. The molecular formula is C16H25N3O3S. The molecule has 7 heteroatoms. The van der Waals surface area contributed by atoms with E-state index in [-0.39, 0.29) is 16.8 Å². The van der Waals surface area contributed by atoms with Crippen molar-refractivity contribution in [3.8, 4) is 0 Å². The van der Waals surface area contributed by atoms with Crippen LogP contribution >= 0.6 is 0 Å². The number of likely N-dealkylation sites (tertiary alicyclic amines) is 1. The molecule has 0 bridgehead atoms. The van der Waals surface area contributed by atoms with Gasteiger partial charge in [0.2, 0.25) is 10.0 Å². The van der Waals surface area contributed by atoms with E-state index in [4.69, 9.17) is 0 Å². The Bertz CT molecular complexity index is 620. The van der Waals surface area contributed by atoms with Crippen LogP contribution in [0.25, 0.3) is 0 Å². The van der Waals surface area contributed by atoms with Gasteiger partial charge in [0.1, 0.15) is 0 Å². The summed E-state index contributed by atoms with van der Waals surface area (Å²) >= 11 is 0. The van der Waals surface area contributed by atoms with Gasteiger partial charge >= 0.3 is 0 Å². The van der Waals surface area contributed by atoms with Crippen LogP contribution in [0, 0.1) is 0 Å². The van der Waals surface area contributed by atoms with Crippen LogP contribution in [0.3, 0.4) is 0 Å². The zero-order valence-electron chi connectivity index (χ0n) is 13.7. The molecule has 128 valence electrons.